The summed E-state index contributed by atoms with van der Waals surface area (Å²) in [7, 11) is 0. The quantitative estimate of drug-likeness (QED) is 0.476. The Hall–Kier alpha value is -2.14. The molecule has 2 unspecified atom stereocenters. The maximum Gasteiger partial charge on any atom is 0.182 e. The van der Waals surface area contributed by atoms with Crippen molar-refractivity contribution in [3.05, 3.63) is 51.2 Å². The summed E-state index contributed by atoms with van der Waals surface area (Å²) in [6, 6.07) is 7.87. The van der Waals surface area contributed by atoms with Crippen LogP contribution in [0.3, 0.4) is 0 Å². The van der Waals surface area contributed by atoms with E-state index in [0.717, 1.165) is 30.5 Å². The molecule has 1 saturated heterocycles. The van der Waals surface area contributed by atoms with Gasteiger partial charge in [0.1, 0.15) is 11.6 Å². The Balaban J connectivity index is 1.92. The molecular weight excluding hydrogens is 416 g/mol. The molecule has 1 aromatic carbocycles. The van der Waals surface area contributed by atoms with Gasteiger partial charge in [0.25, 0.3) is 0 Å². The van der Waals surface area contributed by atoms with E-state index in [4.69, 9.17) is 5.41 Å². The number of aromatic hydroxyl groups is 1. The lowest BCUT2D eigenvalue weighted by Gasteiger charge is -2.28. The van der Waals surface area contributed by atoms with Crippen LogP contribution in [0.2, 0.25) is 0 Å². The van der Waals surface area contributed by atoms with Gasteiger partial charge in [-0.3, -0.25) is 10.2 Å². The van der Waals surface area contributed by atoms with Crippen LogP contribution in [0.4, 0.5) is 0 Å². The predicted molar refractivity (Wildman–Crippen MR) is 135 cm³/mol. The van der Waals surface area contributed by atoms with Gasteiger partial charge in [0.05, 0.1) is 12.5 Å². The molecule has 3 rings (SSSR count). The summed E-state index contributed by atoms with van der Waals surface area (Å²) in [4.78, 5) is 16.6. The summed E-state index contributed by atoms with van der Waals surface area (Å²) < 4.78 is 0. The number of likely N-dealkylation sites (tertiary alicyclic amines) is 1. The molecule has 1 aromatic heterocycles. The molecule has 1 aliphatic heterocycles. The van der Waals surface area contributed by atoms with Crippen LogP contribution in [0, 0.1) is 11.3 Å². The van der Waals surface area contributed by atoms with Crippen LogP contribution in [0.15, 0.2) is 29.6 Å². The molecular formula is C27H38N2O2S. The maximum absolute atomic E-state index is 13.5. The molecule has 2 aromatic rings. The van der Waals surface area contributed by atoms with Crippen LogP contribution < -0.4 is 0 Å². The number of amidine groups is 1. The van der Waals surface area contributed by atoms with Gasteiger partial charge in [-0.1, -0.05) is 61.0 Å². The number of rotatable bonds is 6. The maximum atomic E-state index is 13.5. The Labute approximate surface area is 197 Å². The lowest BCUT2D eigenvalue weighted by molar-refractivity contribution is 0.0963. The van der Waals surface area contributed by atoms with Gasteiger partial charge in [-0.05, 0) is 46.7 Å². The average molecular weight is 455 g/mol. The molecule has 0 saturated carbocycles. The number of hydrogen-bond donors (Lipinski definition) is 2. The molecule has 2 atom stereocenters. The van der Waals surface area contributed by atoms with Gasteiger partial charge in [0, 0.05) is 28.1 Å². The first kappa shape index (κ1) is 24.5. The molecule has 174 valence electrons. The highest BCUT2D eigenvalue weighted by atomic mass is 32.1. The molecule has 5 heteroatoms. The summed E-state index contributed by atoms with van der Waals surface area (Å²) in [5.41, 5.74) is 1.65. The van der Waals surface area contributed by atoms with E-state index in [0.29, 0.717) is 17.3 Å². The Morgan fingerprint density at radius 1 is 1.16 bits per heavy atom. The molecule has 0 spiro atoms. The van der Waals surface area contributed by atoms with E-state index in [1.165, 1.54) is 4.88 Å². The molecule has 0 bridgehead atoms. The first-order valence-electron chi connectivity index (χ1n) is 11.6. The van der Waals surface area contributed by atoms with Crippen LogP contribution in [-0.2, 0) is 10.8 Å². The zero-order valence-electron chi connectivity index (χ0n) is 20.6. The number of phenolic OH excluding ortho intramolecular Hbond substituents is 1. The SMILES string of the molecule is CCCC1CN(CC(=O)c2cc(C(C)(C)C)c(O)c(C(C)(C)C)c2)C(=N)C1c1cccs1. The molecule has 2 heterocycles. The number of Topliss-reactive ketones (excluding diaryl/α,β-unsaturated/α-hetero) is 1. The number of hydrogen-bond acceptors (Lipinski definition) is 4. The topological polar surface area (TPSA) is 64.4 Å². The Kier molecular flexibility index (Phi) is 6.90. The van der Waals surface area contributed by atoms with E-state index < -0.39 is 0 Å². The summed E-state index contributed by atoms with van der Waals surface area (Å²) in [5, 5.41) is 21.9. The first-order valence-corrected chi connectivity index (χ1v) is 12.5. The van der Waals surface area contributed by atoms with E-state index >= 15 is 0 Å². The summed E-state index contributed by atoms with van der Waals surface area (Å²) in [6.45, 7) is 15.5. The minimum absolute atomic E-state index is 0.00725. The monoisotopic (exact) mass is 454 g/mol. The second-order valence-corrected chi connectivity index (χ2v) is 12.1. The minimum Gasteiger partial charge on any atom is -0.507 e. The smallest absolute Gasteiger partial charge is 0.182 e. The number of phenols is 1. The molecule has 0 aliphatic carbocycles. The van der Waals surface area contributed by atoms with Gasteiger partial charge in [-0.2, -0.15) is 0 Å². The third kappa shape index (κ3) is 4.93. The second kappa shape index (κ2) is 9.01. The van der Waals surface area contributed by atoms with Gasteiger partial charge >= 0.3 is 0 Å². The number of nitrogens with zero attached hydrogens (tertiary/aromatic N) is 1. The number of thiophene rings is 1. The van der Waals surface area contributed by atoms with E-state index in [-0.39, 0.29) is 34.8 Å². The zero-order chi connectivity index (χ0) is 23.8. The summed E-state index contributed by atoms with van der Waals surface area (Å²) >= 11 is 1.70. The number of carbonyl (C=O) groups excluding carboxylic acids is 1. The third-order valence-corrected chi connectivity index (χ3v) is 7.41. The third-order valence-electron chi connectivity index (χ3n) is 6.45. The Morgan fingerprint density at radius 2 is 1.75 bits per heavy atom. The van der Waals surface area contributed by atoms with Crippen molar-refractivity contribution < 1.29 is 9.90 Å². The number of nitrogens with one attached hydrogen (secondary N) is 1. The molecule has 0 amide bonds. The first-order chi connectivity index (χ1) is 14.8. The average Bonchev–Trinajstić information content (AvgIpc) is 3.29. The van der Waals surface area contributed by atoms with Crippen LogP contribution in [0.5, 0.6) is 5.75 Å². The highest BCUT2D eigenvalue weighted by molar-refractivity contribution is 7.10. The Bertz CT molecular complexity index is 945. The summed E-state index contributed by atoms with van der Waals surface area (Å²) in [6.07, 6.45) is 2.13. The van der Waals surface area contributed by atoms with Crippen molar-refractivity contribution in [1.29, 1.82) is 5.41 Å². The van der Waals surface area contributed by atoms with Gasteiger partial charge in [0.15, 0.2) is 5.78 Å². The molecule has 0 radical (unpaired) electrons. The van der Waals surface area contributed by atoms with Crippen molar-refractivity contribution in [2.75, 3.05) is 13.1 Å². The summed E-state index contributed by atoms with van der Waals surface area (Å²) in [5.74, 6) is 1.31. The van der Waals surface area contributed by atoms with Crippen LogP contribution in [-0.4, -0.2) is 34.7 Å². The van der Waals surface area contributed by atoms with Gasteiger partial charge in [-0.15, -0.1) is 11.3 Å². The number of ketones is 1. The van der Waals surface area contributed by atoms with Crippen molar-refractivity contribution in [2.24, 2.45) is 5.92 Å². The standard InChI is InChI=1S/C27H38N2O2S/c1-8-10-17-15-29(25(28)23(17)22-11-9-12-32-22)16-21(30)18-13-19(26(2,3)4)24(31)20(14-18)27(5,6)7/h9,11-14,17,23,28,31H,8,10,15-16H2,1-7H3. The fraction of sp³-hybridized carbons (Fsp3) is 0.556. The second-order valence-electron chi connectivity index (χ2n) is 11.2. The van der Waals surface area contributed by atoms with Gasteiger partial charge in [0.2, 0.25) is 0 Å². The van der Waals surface area contributed by atoms with E-state index in [2.05, 4.69) is 59.9 Å². The predicted octanol–water partition coefficient (Wildman–Crippen LogP) is 6.72. The van der Waals surface area contributed by atoms with E-state index in [1.807, 2.05) is 23.1 Å². The van der Waals surface area contributed by atoms with Gasteiger partial charge < -0.3 is 10.0 Å². The highest BCUT2D eigenvalue weighted by Gasteiger charge is 2.39. The van der Waals surface area contributed by atoms with E-state index in [9.17, 15) is 9.90 Å². The van der Waals surface area contributed by atoms with Crippen LogP contribution in [0.1, 0.15) is 93.6 Å². The van der Waals surface area contributed by atoms with Crippen molar-refractivity contribution >= 4 is 23.0 Å². The lowest BCUT2D eigenvalue weighted by atomic mass is 9.78. The van der Waals surface area contributed by atoms with Crippen molar-refractivity contribution in [3.63, 3.8) is 0 Å². The zero-order valence-corrected chi connectivity index (χ0v) is 21.4. The normalized spacial score (nSPS) is 19.6. The lowest BCUT2D eigenvalue weighted by Crippen LogP contribution is -2.32. The van der Waals surface area contributed by atoms with Crippen molar-refractivity contribution in [3.8, 4) is 5.75 Å². The largest absolute Gasteiger partial charge is 0.507 e. The van der Waals surface area contributed by atoms with Crippen LogP contribution in [0.25, 0.3) is 0 Å². The van der Waals surface area contributed by atoms with E-state index in [1.54, 1.807) is 11.3 Å². The van der Waals surface area contributed by atoms with Crippen molar-refractivity contribution in [2.45, 2.75) is 78.1 Å². The molecule has 1 aliphatic rings. The van der Waals surface area contributed by atoms with Crippen LogP contribution >= 0.6 is 11.3 Å². The Morgan fingerprint density at radius 3 is 2.22 bits per heavy atom. The van der Waals surface area contributed by atoms with Crippen molar-refractivity contribution in [1.82, 2.24) is 4.90 Å². The fourth-order valence-corrected chi connectivity index (χ4v) is 5.65. The molecule has 2 N–H and O–H groups in total. The van der Waals surface area contributed by atoms with Gasteiger partial charge in [-0.25, -0.2) is 0 Å². The number of carbonyl (C=O) groups is 1. The minimum atomic E-state index is -0.281. The molecule has 4 nitrogen and oxygen atoms in total. The molecule has 1 fully saturated rings. The number of benzene rings is 1. The molecule has 32 heavy (non-hydrogen) atoms. The highest BCUT2D eigenvalue weighted by Crippen LogP contribution is 2.41. The fourth-order valence-electron chi connectivity index (χ4n) is 4.72.